The highest BCUT2D eigenvalue weighted by atomic mass is 32.1. The number of rotatable bonds is 4. The van der Waals surface area contributed by atoms with Crippen molar-refractivity contribution in [2.45, 2.75) is 38.3 Å². The summed E-state index contributed by atoms with van der Waals surface area (Å²) in [6.45, 7) is 2.21. The predicted octanol–water partition coefficient (Wildman–Crippen LogP) is 2.35. The smallest absolute Gasteiger partial charge is 0.109 e. The molecule has 12 heavy (non-hydrogen) atoms. The minimum Gasteiger partial charge on any atom is -0.305 e. The third-order valence-electron chi connectivity index (χ3n) is 2.17. The molecule has 0 spiro atoms. The highest BCUT2D eigenvalue weighted by Crippen LogP contribution is 2.26. The standard InChI is InChI=1S/C9H14N2S/c1-2-8(11-7-3-4-7)9-10-5-6-12-9/h5-8,11H,2-4H2,1H3. The molecule has 1 aromatic rings. The maximum atomic E-state index is 4.32. The lowest BCUT2D eigenvalue weighted by molar-refractivity contribution is 0.514. The van der Waals surface area contributed by atoms with Gasteiger partial charge in [-0.1, -0.05) is 6.92 Å². The van der Waals surface area contributed by atoms with E-state index in [0.717, 1.165) is 12.5 Å². The normalized spacial score (nSPS) is 19.4. The van der Waals surface area contributed by atoms with Crippen molar-refractivity contribution >= 4 is 11.3 Å². The summed E-state index contributed by atoms with van der Waals surface area (Å²) in [4.78, 5) is 4.32. The Morgan fingerprint density at radius 2 is 2.58 bits per heavy atom. The maximum Gasteiger partial charge on any atom is 0.109 e. The molecule has 0 bridgehead atoms. The van der Waals surface area contributed by atoms with E-state index in [0.29, 0.717) is 6.04 Å². The molecule has 1 fully saturated rings. The number of nitrogens with zero attached hydrogens (tertiary/aromatic N) is 1. The molecule has 1 N–H and O–H groups in total. The maximum absolute atomic E-state index is 4.32. The van der Waals surface area contributed by atoms with Gasteiger partial charge in [-0.15, -0.1) is 11.3 Å². The summed E-state index contributed by atoms with van der Waals surface area (Å²) >= 11 is 1.75. The second-order valence-corrected chi connectivity index (χ2v) is 4.20. The number of hydrogen-bond acceptors (Lipinski definition) is 3. The van der Waals surface area contributed by atoms with Crippen molar-refractivity contribution in [2.24, 2.45) is 0 Å². The van der Waals surface area contributed by atoms with Gasteiger partial charge >= 0.3 is 0 Å². The fraction of sp³-hybridized carbons (Fsp3) is 0.667. The third-order valence-corrected chi connectivity index (χ3v) is 3.06. The first-order valence-electron chi connectivity index (χ1n) is 4.55. The first-order chi connectivity index (χ1) is 5.90. The number of aromatic nitrogens is 1. The molecule has 0 aromatic carbocycles. The molecule has 1 aliphatic rings. The van der Waals surface area contributed by atoms with E-state index >= 15 is 0 Å². The Labute approximate surface area is 77.0 Å². The molecule has 1 unspecified atom stereocenters. The lowest BCUT2D eigenvalue weighted by Gasteiger charge is -2.12. The zero-order valence-electron chi connectivity index (χ0n) is 7.29. The summed E-state index contributed by atoms with van der Waals surface area (Å²) in [6.07, 6.45) is 5.73. The van der Waals surface area contributed by atoms with E-state index < -0.39 is 0 Å². The van der Waals surface area contributed by atoms with E-state index in [-0.39, 0.29) is 0 Å². The Kier molecular flexibility index (Phi) is 2.42. The van der Waals surface area contributed by atoms with E-state index in [1.54, 1.807) is 11.3 Å². The molecule has 1 saturated carbocycles. The van der Waals surface area contributed by atoms with Gasteiger partial charge in [0.15, 0.2) is 0 Å². The molecule has 1 aromatic heterocycles. The molecular weight excluding hydrogens is 168 g/mol. The Balaban J connectivity index is 1.97. The van der Waals surface area contributed by atoms with Gasteiger partial charge in [-0.2, -0.15) is 0 Å². The van der Waals surface area contributed by atoms with Crippen LogP contribution in [0.15, 0.2) is 11.6 Å². The first kappa shape index (κ1) is 8.20. The van der Waals surface area contributed by atoms with Crippen LogP contribution in [0.1, 0.15) is 37.2 Å². The zero-order valence-corrected chi connectivity index (χ0v) is 8.10. The summed E-state index contributed by atoms with van der Waals surface area (Å²) in [5, 5.41) is 6.88. The number of thiazole rings is 1. The third kappa shape index (κ3) is 1.84. The number of nitrogens with one attached hydrogen (secondary N) is 1. The van der Waals surface area contributed by atoms with E-state index in [4.69, 9.17) is 0 Å². The topological polar surface area (TPSA) is 24.9 Å². The molecule has 0 aliphatic heterocycles. The molecule has 0 amide bonds. The molecule has 3 heteroatoms. The van der Waals surface area contributed by atoms with Gasteiger partial charge in [0.2, 0.25) is 0 Å². The van der Waals surface area contributed by atoms with Crippen molar-refractivity contribution in [2.75, 3.05) is 0 Å². The van der Waals surface area contributed by atoms with Crippen LogP contribution in [0.25, 0.3) is 0 Å². The summed E-state index contributed by atoms with van der Waals surface area (Å²) in [5.41, 5.74) is 0. The first-order valence-corrected chi connectivity index (χ1v) is 5.43. The monoisotopic (exact) mass is 182 g/mol. The van der Waals surface area contributed by atoms with Crippen molar-refractivity contribution in [3.8, 4) is 0 Å². The lowest BCUT2D eigenvalue weighted by Crippen LogP contribution is -2.22. The predicted molar refractivity (Wildman–Crippen MR) is 51.3 cm³/mol. The van der Waals surface area contributed by atoms with Gasteiger partial charge in [-0.05, 0) is 19.3 Å². The van der Waals surface area contributed by atoms with Gasteiger partial charge in [0, 0.05) is 17.6 Å². The van der Waals surface area contributed by atoms with Crippen LogP contribution in [0.4, 0.5) is 0 Å². The van der Waals surface area contributed by atoms with Crippen LogP contribution >= 0.6 is 11.3 Å². The van der Waals surface area contributed by atoms with Gasteiger partial charge < -0.3 is 5.32 Å². The van der Waals surface area contributed by atoms with E-state index in [1.165, 1.54) is 17.8 Å². The molecule has 0 saturated heterocycles. The summed E-state index contributed by atoms with van der Waals surface area (Å²) < 4.78 is 0. The number of hydrogen-bond donors (Lipinski definition) is 1. The SMILES string of the molecule is CCC(NC1CC1)c1nccs1. The quantitative estimate of drug-likeness (QED) is 0.773. The van der Waals surface area contributed by atoms with Crippen LogP contribution < -0.4 is 5.32 Å². The van der Waals surface area contributed by atoms with Crippen molar-refractivity contribution in [3.63, 3.8) is 0 Å². The summed E-state index contributed by atoms with van der Waals surface area (Å²) in [7, 11) is 0. The van der Waals surface area contributed by atoms with Gasteiger partial charge in [-0.25, -0.2) is 4.98 Å². The highest BCUT2D eigenvalue weighted by molar-refractivity contribution is 7.09. The highest BCUT2D eigenvalue weighted by Gasteiger charge is 2.25. The summed E-state index contributed by atoms with van der Waals surface area (Å²) in [5.74, 6) is 0. The molecule has 2 nitrogen and oxygen atoms in total. The van der Waals surface area contributed by atoms with Crippen molar-refractivity contribution in [1.82, 2.24) is 10.3 Å². The second kappa shape index (κ2) is 3.54. The van der Waals surface area contributed by atoms with Gasteiger partial charge in [0.1, 0.15) is 5.01 Å². The fourth-order valence-corrected chi connectivity index (χ4v) is 2.09. The van der Waals surface area contributed by atoms with E-state index in [2.05, 4.69) is 17.2 Å². The molecular formula is C9H14N2S. The van der Waals surface area contributed by atoms with E-state index in [1.807, 2.05) is 11.6 Å². The van der Waals surface area contributed by atoms with Crippen LogP contribution in [0.5, 0.6) is 0 Å². The zero-order chi connectivity index (χ0) is 8.39. The molecule has 1 heterocycles. The lowest BCUT2D eigenvalue weighted by atomic mass is 10.2. The Morgan fingerprint density at radius 1 is 1.75 bits per heavy atom. The van der Waals surface area contributed by atoms with Gasteiger partial charge in [0.05, 0.1) is 6.04 Å². The Bertz CT molecular complexity index is 229. The van der Waals surface area contributed by atoms with Crippen LogP contribution in [0.3, 0.4) is 0 Å². The average molecular weight is 182 g/mol. The average Bonchev–Trinajstić information content (AvgIpc) is 2.74. The second-order valence-electron chi connectivity index (χ2n) is 3.27. The van der Waals surface area contributed by atoms with Crippen LogP contribution in [-0.2, 0) is 0 Å². The Hall–Kier alpha value is -0.410. The van der Waals surface area contributed by atoms with Crippen LogP contribution in [0.2, 0.25) is 0 Å². The minimum absolute atomic E-state index is 0.498. The van der Waals surface area contributed by atoms with E-state index in [9.17, 15) is 0 Å². The summed E-state index contributed by atoms with van der Waals surface area (Å²) in [6, 6.07) is 1.27. The molecule has 0 radical (unpaired) electrons. The minimum atomic E-state index is 0.498. The molecule has 2 rings (SSSR count). The van der Waals surface area contributed by atoms with Gasteiger partial charge in [-0.3, -0.25) is 0 Å². The molecule has 66 valence electrons. The van der Waals surface area contributed by atoms with Crippen molar-refractivity contribution < 1.29 is 0 Å². The molecule has 1 atom stereocenters. The molecule has 1 aliphatic carbocycles. The van der Waals surface area contributed by atoms with Crippen LogP contribution in [-0.4, -0.2) is 11.0 Å². The van der Waals surface area contributed by atoms with Gasteiger partial charge in [0.25, 0.3) is 0 Å². The van der Waals surface area contributed by atoms with Crippen molar-refractivity contribution in [3.05, 3.63) is 16.6 Å². The van der Waals surface area contributed by atoms with Crippen LogP contribution in [0, 0.1) is 0 Å². The Morgan fingerprint density at radius 3 is 3.08 bits per heavy atom. The van der Waals surface area contributed by atoms with Crippen molar-refractivity contribution in [1.29, 1.82) is 0 Å². The fourth-order valence-electron chi connectivity index (χ4n) is 1.30. The largest absolute Gasteiger partial charge is 0.305 e.